The molecule has 2 rings (SSSR count). The fraction of sp³-hybridized carbons (Fsp3) is 0.909. The molecule has 2 saturated carbocycles. The minimum atomic E-state index is -2.12. The van der Waals surface area contributed by atoms with Gasteiger partial charge >= 0.3 is 5.97 Å². The highest BCUT2D eigenvalue weighted by Gasteiger charge is 2.81. The average molecular weight is 231 g/mol. The summed E-state index contributed by atoms with van der Waals surface area (Å²) in [5.41, 5.74) is 3.05. The lowest BCUT2D eigenvalue weighted by atomic mass is 9.90. The molecule has 0 radical (unpaired) electrons. The Balaban J connectivity index is 2.08. The van der Waals surface area contributed by atoms with Crippen molar-refractivity contribution >= 4 is 5.97 Å². The van der Waals surface area contributed by atoms with Gasteiger partial charge in [-0.05, 0) is 19.8 Å². The van der Waals surface area contributed by atoms with E-state index < -0.39 is 29.0 Å². The van der Waals surface area contributed by atoms with Gasteiger partial charge in [0.2, 0.25) is 5.67 Å². The molecule has 0 aromatic carbocycles. The highest BCUT2D eigenvalue weighted by Crippen LogP contribution is 2.66. The van der Waals surface area contributed by atoms with Gasteiger partial charge in [-0.15, -0.1) is 0 Å². The first-order valence-electron chi connectivity index (χ1n) is 5.69. The van der Waals surface area contributed by atoms with Crippen LogP contribution in [0, 0.1) is 11.8 Å². The predicted octanol–water partition coefficient (Wildman–Crippen LogP) is 0.942. The van der Waals surface area contributed by atoms with Crippen LogP contribution in [0.1, 0.15) is 26.7 Å². The lowest BCUT2D eigenvalue weighted by Gasteiger charge is -2.32. The quantitative estimate of drug-likeness (QED) is 0.755. The molecular weight excluding hydrogens is 213 g/mol. The van der Waals surface area contributed by atoms with Crippen LogP contribution < -0.4 is 5.73 Å². The molecule has 92 valence electrons. The molecule has 0 aromatic heterocycles. The van der Waals surface area contributed by atoms with Crippen LogP contribution in [-0.2, 0) is 9.53 Å². The molecular formula is C11H18FNO3. The molecule has 0 heterocycles. The summed E-state index contributed by atoms with van der Waals surface area (Å²) in [5, 5.41) is 8.84. The third-order valence-electron chi connectivity index (χ3n) is 3.97. The Morgan fingerprint density at radius 2 is 2.31 bits per heavy atom. The van der Waals surface area contributed by atoms with Crippen molar-refractivity contribution in [2.45, 2.75) is 44.0 Å². The van der Waals surface area contributed by atoms with E-state index in [1.807, 2.05) is 6.92 Å². The van der Waals surface area contributed by atoms with Crippen molar-refractivity contribution in [3.05, 3.63) is 0 Å². The Hall–Kier alpha value is -0.680. The smallest absolute Gasteiger partial charge is 0.342 e. The van der Waals surface area contributed by atoms with E-state index in [0.29, 0.717) is 13.0 Å². The van der Waals surface area contributed by atoms with Gasteiger partial charge in [0.1, 0.15) is 0 Å². The lowest BCUT2D eigenvalue weighted by molar-refractivity contribution is -0.148. The summed E-state index contributed by atoms with van der Waals surface area (Å²) >= 11 is 0. The summed E-state index contributed by atoms with van der Waals surface area (Å²) in [5.74, 6) is -2.45. The van der Waals surface area contributed by atoms with E-state index >= 15 is 0 Å². The first kappa shape index (κ1) is 11.8. The minimum Gasteiger partial charge on any atom is -0.479 e. The number of hydrogen-bond donors (Lipinski definition) is 2. The molecule has 5 atom stereocenters. The van der Waals surface area contributed by atoms with Crippen molar-refractivity contribution in [3.63, 3.8) is 0 Å². The molecule has 0 saturated heterocycles. The average Bonchev–Trinajstić information content (AvgIpc) is 2.69. The van der Waals surface area contributed by atoms with E-state index in [4.69, 9.17) is 15.6 Å². The third kappa shape index (κ3) is 1.31. The van der Waals surface area contributed by atoms with Crippen molar-refractivity contribution in [3.8, 4) is 0 Å². The van der Waals surface area contributed by atoms with E-state index in [0.717, 1.165) is 6.42 Å². The fourth-order valence-electron chi connectivity index (χ4n) is 3.10. The number of rotatable bonds is 4. The molecule has 2 aliphatic carbocycles. The van der Waals surface area contributed by atoms with Crippen LogP contribution in [0.5, 0.6) is 0 Å². The number of aliphatic carboxylic acids is 1. The normalized spacial score (nSPS) is 50.1. The van der Waals surface area contributed by atoms with Gasteiger partial charge in [-0.2, -0.15) is 0 Å². The molecule has 0 spiro atoms. The number of hydrogen-bond acceptors (Lipinski definition) is 3. The number of carboxylic acid groups (broad SMARTS) is 1. The van der Waals surface area contributed by atoms with Gasteiger partial charge in [0.05, 0.1) is 6.10 Å². The molecule has 5 heteroatoms. The Kier molecular flexibility index (Phi) is 2.51. The van der Waals surface area contributed by atoms with Gasteiger partial charge in [-0.1, -0.05) is 6.92 Å². The van der Waals surface area contributed by atoms with Crippen LogP contribution in [0.25, 0.3) is 0 Å². The highest BCUT2D eigenvalue weighted by atomic mass is 19.1. The van der Waals surface area contributed by atoms with Gasteiger partial charge in [0, 0.05) is 24.0 Å². The van der Waals surface area contributed by atoms with E-state index in [1.54, 1.807) is 6.92 Å². The van der Waals surface area contributed by atoms with Gasteiger partial charge in [0.25, 0.3) is 0 Å². The van der Waals surface area contributed by atoms with Crippen LogP contribution in [0.4, 0.5) is 4.39 Å². The van der Waals surface area contributed by atoms with Crippen LogP contribution in [0.2, 0.25) is 0 Å². The first-order chi connectivity index (χ1) is 7.36. The van der Waals surface area contributed by atoms with Crippen LogP contribution in [-0.4, -0.2) is 35.0 Å². The molecule has 4 nitrogen and oxygen atoms in total. The van der Waals surface area contributed by atoms with Crippen molar-refractivity contribution in [2.24, 2.45) is 17.6 Å². The zero-order valence-electron chi connectivity index (χ0n) is 9.57. The Bertz CT molecular complexity index is 320. The summed E-state index contributed by atoms with van der Waals surface area (Å²) in [7, 11) is 0. The zero-order valence-corrected chi connectivity index (χ0v) is 9.57. The minimum absolute atomic E-state index is 0.217. The molecule has 0 aromatic rings. The molecule has 0 amide bonds. The maximum absolute atomic E-state index is 14.0. The van der Waals surface area contributed by atoms with Crippen molar-refractivity contribution in [1.82, 2.24) is 0 Å². The highest BCUT2D eigenvalue weighted by molar-refractivity contribution is 5.83. The van der Waals surface area contributed by atoms with Gasteiger partial charge in [0.15, 0.2) is 0 Å². The number of carbonyl (C=O) groups is 1. The Morgan fingerprint density at radius 1 is 1.69 bits per heavy atom. The number of ether oxygens (including phenoxy) is 1. The van der Waals surface area contributed by atoms with Gasteiger partial charge in [-0.3, -0.25) is 0 Å². The molecule has 0 bridgehead atoms. The standard InChI is InChI=1S/C11H18FNO3/c1-3-4-16-7-5-6-8(10(7,2)13)11(6,12)9(14)15/h6-8H,3-5,13H2,1-2H3,(H,14,15)/t6-,7-,8-,10+,11-/m1/s1. The molecule has 0 aliphatic heterocycles. The van der Waals surface area contributed by atoms with Crippen molar-refractivity contribution < 1.29 is 19.0 Å². The van der Waals surface area contributed by atoms with E-state index in [2.05, 4.69) is 0 Å². The molecule has 16 heavy (non-hydrogen) atoms. The second kappa shape index (κ2) is 3.40. The lowest BCUT2D eigenvalue weighted by Crippen LogP contribution is -2.52. The third-order valence-corrected chi connectivity index (χ3v) is 3.97. The molecule has 0 unspecified atom stereocenters. The van der Waals surface area contributed by atoms with Crippen molar-refractivity contribution in [1.29, 1.82) is 0 Å². The van der Waals surface area contributed by atoms with Gasteiger partial charge in [-0.25, -0.2) is 9.18 Å². The number of carboxylic acids is 1. The Labute approximate surface area is 94.0 Å². The summed E-state index contributed by atoms with van der Waals surface area (Å²) in [6, 6.07) is 0. The summed E-state index contributed by atoms with van der Waals surface area (Å²) in [6.07, 6.45) is 1.08. The number of alkyl halides is 1. The second-order valence-corrected chi connectivity index (χ2v) is 5.12. The Morgan fingerprint density at radius 3 is 2.69 bits per heavy atom. The van der Waals surface area contributed by atoms with Crippen LogP contribution >= 0.6 is 0 Å². The number of halogens is 1. The predicted molar refractivity (Wildman–Crippen MR) is 55.7 cm³/mol. The number of nitrogens with two attached hydrogens (primary N) is 1. The molecule has 2 aliphatic rings. The zero-order chi connectivity index (χ0) is 12.1. The maximum Gasteiger partial charge on any atom is 0.342 e. The van der Waals surface area contributed by atoms with Gasteiger partial charge < -0.3 is 15.6 Å². The largest absolute Gasteiger partial charge is 0.479 e. The topological polar surface area (TPSA) is 72.5 Å². The first-order valence-corrected chi connectivity index (χ1v) is 5.69. The van der Waals surface area contributed by atoms with Crippen LogP contribution in [0.3, 0.4) is 0 Å². The maximum atomic E-state index is 14.0. The summed E-state index contributed by atoms with van der Waals surface area (Å²) in [6.45, 7) is 4.27. The molecule has 3 N–H and O–H groups in total. The van der Waals surface area contributed by atoms with Crippen molar-refractivity contribution in [2.75, 3.05) is 6.61 Å². The SMILES string of the molecule is CCCO[C@@H]1C[C@@H]2[C@H]([C@@]1(C)N)[C@@]2(F)C(=O)O. The van der Waals surface area contributed by atoms with E-state index in [1.165, 1.54) is 0 Å². The molecule has 2 fully saturated rings. The van der Waals surface area contributed by atoms with Crippen LogP contribution in [0.15, 0.2) is 0 Å². The second-order valence-electron chi connectivity index (χ2n) is 5.12. The monoisotopic (exact) mass is 231 g/mol. The summed E-state index contributed by atoms with van der Waals surface area (Å²) in [4.78, 5) is 10.8. The summed E-state index contributed by atoms with van der Waals surface area (Å²) < 4.78 is 19.5. The fourth-order valence-corrected chi connectivity index (χ4v) is 3.10. The number of fused-ring (bicyclic) bond motifs is 1. The van der Waals surface area contributed by atoms with E-state index in [-0.39, 0.29) is 6.10 Å². The van der Waals surface area contributed by atoms with E-state index in [9.17, 15) is 9.18 Å².